The van der Waals surface area contributed by atoms with Crippen LogP contribution in [0.1, 0.15) is 41.6 Å². The highest BCUT2D eigenvalue weighted by Crippen LogP contribution is 2.22. The van der Waals surface area contributed by atoms with Gasteiger partial charge in [0.05, 0.1) is 12.7 Å². The molecule has 1 aromatic carbocycles. The highest BCUT2D eigenvalue weighted by molar-refractivity contribution is 5.92. The molecule has 2 heterocycles. The van der Waals surface area contributed by atoms with E-state index in [0.717, 1.165) is 35.9 Å². The highest BCUT2D eigenvalue weighted by atomic mass is 16.5. The van der Waals surface area contributed by atoms with Gasteiger partial charge in [-0.25, -0.2) is 4.79 Å². The van der Waals surface area contributed by atoms with E-state index in [1.807, 2.05) is 44.2 Å². The molecule has 7 heteroatoms. The second kappa shape index (κ2) is 9.24. The van der Waals surface area contributed by atoms with Crippen molar-refractivity contribution in [2.75, 3.05) is 44.8 Å². The maximum atomic E-state index is 12.5. The first-order valence-corrected chi connectivity index (χ1v) is 10.3. The van der Waals surface area contributed by atoms with Crippen molar-refractivity contribution in [2.45, 2.75) is 33.7 Å². The third kappa shape index (κ3) is 4.61. The number of carbonyl (C=O) groups excluding carboxylic acids is 2. The summed E-state index contributed by atoms with van der Waals surface area (Å²) in [7, 11) is 1.65. The minimum Gasteiger partial charge on any atom is -0.497 e. The van der Waals surface area contributed by atoms with Crippen molar-refractivity contribution in [2.24, 2.45) is 0 Å². The minimum absolute atomic E-state index is 0.157. The smallest absolute Gasteiger partial charge is 0.340 e. The van der Waals surface area contributed by atoms with E-state index in [9.17, 15) is 9.59 Å². The van der Waals surface area contributed by atoms with E-state index in [-0.39, 0.29) is 18.6 Å². The standard InChI is InChI=1S/C23H31N3O4/c1-16(2)26-17(3)14-21(18(26)4)23(28)30-15-22(27)25-12-10-24(11-13-25)19-6-8-20(29-5)9-7-19/h6-9,14,16H,10-13,15H2,1-5H3. The molecule has 1 aliphatic heterocycles. The maximum Gasteiger partial charge on any atom is 0.340 e. The van der Waals surface area contributed by atoms with E-state index >= 15 is 0 Å². The van der Waals surface area contributed by atoms with Crippen molar-refractivity contribution in [3.63, 3.8) is 0 Å². The van der Waals surface area contributed by atoms with Crippen LogP contribution < -0.4 is 9.64 Å². The van der Waals surface area contributed by atoms with Crippen LogP contribution in [0.25, 0.3) is 0 Å². The number of amides is 1. The lowest BCUT2D eigenvalue weighted by Gasteiger charge is -2.36. The van der Waals surface area contributed by atoms with Gasteiger partial charge in [-0.1, -0.05) is 0 Å². The molecule has 0 N–H and O–H groups in total. The molecule has 162 valence electrons. The molecule has 0 bridgehead atoms. The first kappa shape index (κ1) is 21.7. The lowest BCUT2D eigenvalue weighted by molar-refractivity contribution is -0.134. The van der Waals surface area contributed by atoms with Crippen molar-refractivity contribution in [1.29, 1.82) is 0 Å². The predicted molar refractivity (Wildman–Crippen MR) is 116 cm³/mol. The van der Waals surface area contributed by atoms with Gasteiger partial charge in [0.25, 0.3) is 5.91 Å². The first-order chi connectivity index (χ1) is 14.3. The van der Waals surface area contributed by atoms with Crippen molar-refractivity contribution in [3.8, 4) is 5.75 Å². The summed E-state index contributed by atoms with van der Waals surface area (Å²) in [6.07, 6.45) is 0. The first-order valence-electron chi connectivity index (χ1n) is 10.3. The molecule has 3 rings (SSSR count). The number of methoxy groups -OCH3 is 1. The lowest BCUT2D eigenvalue weighted by Crippen LogP contribution is -2.49. The number of hydrogen-bond donors (Lipinski definition) is 0. The van der Waals surface area contributed by atoms with Gasteiger partial charge in [0.2, 0.25) is 0 Å². The average molecular weight is 414 g/mol. The van der Waals surface area contributed by atoms with Gasteiger partial charge < -0.3 is 23.8 Å². The van der Waals surface area contributed by atoms with E-state index in [1.165, 1.54) is 0 Å². The molecule has 0 saturated carbocycles. The number of rotatable bonds is 6. The topological polar surface area (TPSA) is 64.0 Å². The number of esters is 1. The summed E-state index contributed by atoms with van der Waals surface area (Å²) >= 11 is 0. The number of aromatic nitrogens is 1. The van der Waals surface area contributed by atoms with Gasteiger partial charge in [0, 0.05) is 49.3 Å². The van der Waals surface area contributed by atoms with Crippen LogP contribution in [0.3, 0.4) is 0 Å². The fraction of sp³-hybridized carbons (Fsp3) is 0.478. The van der Waals surface area contributed by atoms with Gasteiger partial charge in [0.1, 0.15) is 5.75 Å². The van der Waals surface area contributed by atoms with Gasteiger partial charge in [-0.05, 0) is 58.0 Å². The summed E-state index contributed by atoms with van der Waals surface area (Å²) in [5, 5.41) is 0. The molecule has 0 radical (unpaired) electrons. The Morgan fingerprint density at radius 2 is 1.67 bits per heavy atom. The SMILES string of the molecule is COc1ccc(N2CCN(C(=O)COC(=O)c3cc(C)n(C(C)C)c3C)CC2)cc1. The Kier molecular flexibility index (Phi) is 6.70. The average Bonchev–Trinajstić information content (AvgIpc) is 3.06. The summed E-state index contributed by atoms with van der Waals surface area (Å²) in [6.45, 7) is 10.5. The Morgan fingerprint density at radius 3 is 2.20 bits per heavy atom. The van der Waals surface area contributed by atoms with Crippen LogP contribution in [0, 0.1) is 13.8 Å². The van der Waals surface area contributed by atoms with Crippen LogP contribution in [-0.2, 0) is 9.53 Å². The molecular weight excluding hydrogens is 382 g/mol. The van der Waals surface area contributed by atoms with Crippen LogP contribution in [0.2, 0.25) is 0 Å². The van der Waals surface area contributed by atoms with Gasteiger partial charge in [-0.2, -0.15) is 0 Å². The number of carbonyl (C=O) groups is 2. The number of ether oxygens (including phenoxy) is 2. The Labute approximate surface area is 178 Å². The molecule has 1 aromatic heterocycles. The van der Waals surface area contributed by atoms with Crippen molar-refractivity contribution >= 4 is 17.6 Å². The van der Waals surface area contributed by atoms with Gasteiger partial charge in [0.15, 0.2) is 6.61 Å². The number of nitrogens with zero attached hydrogens (tertiary/aromatic N) is 3. The summed E-state index contributed by atoms with van der Waals surface area (Å²) in [5.74, 6) is 0.221. The summed E-state index contributed by atoms with van der Waals surface area (Å²) in [5.41, 5.74) is 3.51. The summed E-state index contributed by atoms with van der Waals surface area (Å²) in [4.78, 5) is 29.0. The molecule has 1 amide bonds. The van der Waals surface area contributed by atoms with Crippen LogP contribution in [0.4, 0.5) is 5.69 Å². The molecule has 7 nitrogen and oxygen atoms in total. The maximum absolute atomic E-state index is 12.5. The fourth-order valence-electron chi connectivity index (χ4n) is 4.08. The molecule has 0 unspecified atom stereocenters. The van der Waals surface area contributed by atoms with E-state index < -0.39 is 5.97 Å². The summed E-state index contributed by atoms with van der Waals surface area (Å²) < 4.78 is 12.6. The van der Waals surface area contributed by atoms with E-state index in [1.54, 1.807) is 12.0 Å². The van der Waals surface area contributed by atoms with E-state index in [4.69, 9.17) is 9.47 Å². The fourth-order valence-corrected chi connectivity index (χ4v) is 4.08. The van der Waals surface area contributed by atoms with Gasteiger partial charge in [-0.3, -0.25) is 4.79 Å². The monoisotopic (exact) mass is 413 g/mol. The van der Waals surface area contributed by atoms with Crippen LogP contribution in [0.15, 0.2) is 30.3 Å². The number of benzene rings is 1. The van der Waals surface area contributed by atoms with Crippen LogP contribution in [-0.4, -0.2) is 61.2 Å². The van der Waals surface area contributed by atoms with Crippen molar-refractivity contribution in [1.82, 2.24) is 9.47 Å². The zero-order valence-electron chi connectivity index (χ0n) is 18.5. The number of anilines is 1. The Balaban J connectivity index is 1.51. The molecule has 30 heavy (non-hydrogen) atoms. The normalized spacial score (nSPS) is 14.2. The molecule has 1 aliphatic rings. The molecule has 2 aromatic rings. The van der Waals surface area contributed by atoms with E-state index in [2.05, 4.69) is 23.3 Å². The molecule has 1 fully saturated rings. The minimum atomic E-state index is -0.444. The molecule has 0 atom stereocenters. The predicted octanol–water partition coefficient (Wildman–Crippen LogP) is 3.20. The third-order valence-electron chi connectivity index (χ3n) is 5.62. The molecule has 1 saturated heterocycles. The van der Waals surface area contributed by atoms with Crippen LogP contribution in [0.5, 0.6) is 5.75 Å². The number of aryl methyl sites for hydroxylation is 1. The highest BCUT2D eigenvalue weighted by Gasteiger charge is 2.24. The zero-order valence-corrected chi connectivity index (χ0v) is 18.5. The van der Waals surface area contributed by atoms with Crippen molar-refractivity contribution < 1.29 is 19.1 Å². The van der Waals surface area contributed by atoms with Crippen molar-refractivity contribution in [3.05, 3.63) is 47.3 Å². The Hall–Kier alpha value is -2.96. The number of piperazine rings is 1. The Bertz CT molecular complexity index is 894. The van der Waals surface area contributed by atoms with Gasteiger partial charge in [-0.15, -0.1) is 0 Å². The lowest BCUT2D eigenvalue weighted by atomic mass is 10.2. The second-order valence-electron chi connectivity index (χ2n) is 7.89. The van der Waals surface area contributed by atoms with Gasteiger partial charge >= 0.3 is 5.97 Å². The van der Waals surface area contributed by atoms with E-state index in [0.29, 0.717) is 18.7 Å². The molecule has 0 aliphatic carbocycles. The second-order valence-corrected chi connectivity index (χ2v) is 7.89. The molecular formula is C23H31N3O4. The largest absolute Gasteiger partial charge is 0.497 e. The Morgan fingerprint density at radius 1 is 1.03 bits per heavy atom. The van der Waals surface area contributed by atoms with Crippen LogP contribution >= 0.6 is 0 Å². The quantitative estimate of drug-likeness (QED) is 0.681. The summed E-state index contributed by atoms with van der Waals surface area (Å²) in [6, 6.07) is 9.99. The third-order valence-corrected chi connectivity index (χ3v) is 5.62. The number of hydrogen-bond acceptors (Lipinski definition) is 5. The molecule has 0 spiro atoms. The zero-order chi connectivity index (χ0) is 21.8.